The molecular formula is C54H51IrN3Si-2. The molecule has 0 atom stereocenters. The van der Waals surface area contributed by atoms with Gasteiger partial charge in [0.15, 0.2) is 0 Å². The Labute approximate surface area is 365 Å². The predicted octanol–water partition coefficient (Wildman–Crippen LogP) is 13.6. The number of para-hydroxylation sites is 2. The number of fused-ring (bicyclic) bond motifs is 4. The molecule has 5 heteroatoms. The van der Waals surface area contributed by atoms with Crippen LogP contribution in [0.1, 0.15) is 68.6 Å². The second kappa shape index (κ2) is 16.8. The van der Waals surface area contributed by atoms with Crippen molar-refractivity contribution in [1.29, 1.82) is 0 Å². The van der Waals surface area contributed by atoms with Gasteiger partial charge < -0.3 is 9.55 Å². The largest absolute Gasteiger partial charge is 0.333 e. The molecule has 2 aliphatic rings. The van der Waals surface area contributed by atoms with E-state index in [0.29, 0.717) is 0 Å². The van der Waals surface area contributed by atoms with Crippen LogP contribution in [0.2, 0.25) is 19.6 Å². The summed E-state index contributed by atoms with van der Waals surface area (Å²) in [6.45, 7) is 11.9. The Morgan fingerprint density at radius 3 is 2.10 bits per heavy atom. The van der Waals surface area contributed by atoms with Crippen molar-refractivity contribution in [1.82, 2.24) is 14.5 Å². The van der Waals surface area contributed by atoms with E-state index in [4.69, 9.17) is 9.97 Å². The molecule has 1 radical (unpaired) electrons. The molecule has 6 aromatic carbocycles. The minimum Gasteiger partial charge on any atom is -0.333 e. The van der Waals surface area contributed by atoms with E-state index in [1.807, 2.05) is 18.2 Å². The van der Waals surface area contributed by atoms with Crippen LogP contribution in [-0.4, -0.2) is 22.6 Å². The van der Waals surface area contributed by atoms with Gasteiger partial charge in [-0.2, -0.15) is 0 Å². The summed E-state index contributed by atoms with van der Waals surface area (Å²) in [5.74, 6) is 1.65. The molecule has 0 saturated heterocycles. The van der Waals surface area contributed by atoms with Gasteiger partial charge in [-0.15, -0.1) is 65.2 Å². The van der Waals surface area contributed by atoms with Gasteiger partial charge in [0.05, 0.1) is 24.9 Å². The monoisotopic (exact) mass is 962 g/mol. The zero-order valence-electron chi connectivity index (χ0n) is 34.7. The van der Waals surface area contributed by atoms with E-state index >= 15 is 0 Å². The summed E-state index contributed by atoms with van der Waals surface area (Å²) >= 11 is 0. The summed E-state index contributed by atoms with van der Waals surface area (Å²) in [5, 5.41) is 1.55. The van der Waals surface area contributed by atoms with Gasteiger partial charge in [-0.25, -0.2) is 0 Å². The van der Waals surface area contributed by atoms with Crippen molar-refractivity contribution < 1.29 is 20.1 Å². The standard InChI is InChI=1S/C34H25N2.C20H26NSi.Ir/c1-34(2)29-13-7-6-12-27(29)28-22-25(18-21-30(28)34)33-35-31-14-8-9-15-32(31)36(33)26-19-16-24(17-20-26)23-10-4-3-5-11-23;1-22(2,3)20-15-21-19(17-12-8-5-9-13-17)14-18(20)16-10-6-4-7-11-16;/h3-17,19-22H,1-2H3;5,8-9,12,14-16H,4,6-7,10-11H2,1-3H3;/q2*-1;. The molecule has 8 aromatic rings. The fourth-order valence-corrected chi connectivity index (χ4v) is 10.8. The molecule has 2 heterocycles. The van der Waals surface area contributed by atoms with Gasteiger partial charge >= 0.3 is 0 Å². The fourth-order valence-electron chi connectivity index (χ4n) is 9.22. The Morgan fingerprint density at radius 1 is 0.661 bits per heavy atom. The van der Waals surface area contributed by atoms with Crippen molar-refractivity contribution in [3.8, 4) is 50.6 Å². The number of hydrogen-bond donors (Lipinski definition) is 0. The first-order valence-electron chi connectivity index (χ1n) is 20.9. The van der Waals surface area contributed by atoms with E-state index in [1.54, 1.807) is 10.8 Å². The predicted molar refractivity (Wildman–Crippen MR) is 246 cm³/mol. The van der Waals surface area contributed by atoms with Crippen LogP contribution < -0.4 is 5.19 Å². The fraction of sp³-hybridized carbons (Fsp3) is 0.222. The Balaban J connectivity index is 0.000000181. The molecule has 3 nitrogen and oxygen atoms in total. The van der Waals surface area contributed by atoms with E-state index in [2.05, 4.69) is 184 Å². The second-order valence-electron chi connectivity index (χ2n) is 17.5. The Hall–Kier alpha value is -5.19. The Kier molecular flexibility index (Phi) is 11.6. The molecule has 1 saturated carbocycles. The molecular weight excluding hydrogens is 911 g/mol. The summed E-state index contributed by atoms with van der Waals surface area (Å²) in [7, 11) is -1.36. The Bertz CT molecular complexity index is 2700. The topological polar surface area (TPSA) is 30.7 Å². The van der Waals surface area contributed by atoms with Crippen LogP contribution >= 0.6 is 0 Å². The molecule has 0 aliphatic heterocycles. The number of imidazole rings is 1. The summed E-state index contributed by atoms with van der Waals surface area (Å²) in [6, 6.07) is 58.3. The number of pyridine rings is 1. The quantitative estimate of drug-likeness (QED) is 0.123. The molecule has 0 N–H and O–H groups in total. The number of hydrogen-bond acceptors (Lipinski definition) is 2. The first-order valence-corrected chi connectivity index (χ1v) is 24.4. The average Bonchev–Trinajstić information content (AvgIpc) is 3.77. The van der Waals surface area contributed by atoms with Gasteiger partial charge in [-0.3, -0.25) is 4.98 Å². The minimum absolute atomic E-state index is 0. The van der Waals surface area contributed by atoms with Gasteiger partial charge in [0.1, 0.15) is 0 Å². The molecule has 0 unspecified atom stereocenters. The normalized spacial score (nSPS) is 14.5. The zero-order valence-corrected chi connectivity index (χ0v) is 38.1. The van der Waals surface area contributed by atoms with E-state index in [9.17, 15) is 0 Å². The Morgan fingerprint density at radius 2 is 1.36 bits per heavy atom. The summed E-state index contributed by atoms with van der Waals surface area (Å²) < 4.78 is 2.26. The van der Waals surface area contributed by atoms with Crippen molar-refractivity contribution in [3.05, 3.63) is 181 Å². The molecule has 10 rings (SSSR count). The van der Waals surface area contributed by atoms with Gasteiger partial charge in [0.2, 0.25) is 0 Å². The van der Waals surface area contributed by atoms with Gasteiger partial charge in [0, 0.05) is 32.0 Å². The SMILES string of the molecule is CC1(C)c2c[c-]c(-c3nc4ccccc4n3-c3ccc(-c4ccccc4)cc3)cc2-c2ccccc21.C[Si](C)(C)c1cnc(-c2[c-]cccc2)cc1C1CCCCC1.[Ir]. The van der Waals surface area contributed by atoms with Crippen LogP contribution in [0.25, 0.3) is 61.6 Å². The van der Waals surface area contributed by atoms with Gasteiger partial charge in [0.25, 0.3) is 0 Å². The first kappa shape index (κ1) is 40.6. The zero-order chi connectivity index (χ0) is 39.9. The molecule has 0 amide bonds. The third-order valence-corrected chi connectivity index (χ3v) is 14.4. The maximum absolute atomic E-state index is 5.09. The molecule has 59 heavy (non-hydrogen) atoms. The van der Waals surface area contributed by atoms with Crippen LogP contribution in [0.3, 0.4) is 0 Å². The van der Waals surface area contributed by atoms with Crippen molar-refractivity contribution in [2.45, 2.75) is 76.9 Å². The van der Waals surface area contributed by atoms with Gasteiger partial charge in [-0.1, -0.05) is 149 Å². The van der Waals surface area contributed by atoms with Crippen molar-refractivity contribution in [3.63, 3.8) is 0 Å². The molecule has 2 aromatic heterocycles. The van der Waals surface area contributed by atoms with Crippen molar-refractivity contribution >= 4 is 24.3 Å². The van der Waals surface area contributed by atoms with Crippen LogP contribution in [-0.2, 0) is 25.5 Å². The summed E-state index contributed by atoms with van der Waals surface area (Å²) in [5.41, 5.74) is 15.6. The third kappa shape index (κ3) is 7.97. The van der Waals surface area contributed by atoms with Crippen LogP contribution in [0.5, 0.6) is 0 Å². The van der Waals surface area contributed by atoms with E-state index in [1.165, 1.54) is 65.5 Å². The minimum atomic E-state index is -1.36. The maximum Gasteiger partial charge on any atom is 0.0799 e. The molecule has 297 valence electrons. The van der Waals surface area contributed by atoms with Gasteiger partial charge in [-0.05, 0) is 81.6 Å². The number of benzene rings is 6. The second-order valence-corrected chi connectivity index (χ2v) is 22.6. The molecule has 0 bridgehead atoms. The summed E-state index contributed by atoms with van der Waals surface area (Å²) in [4.78, 5) is 9.86. The number of rotatable bonds is 6. The van der Waals surface area contributed by atoms with E-state index in [-0.39, 0.29) is 25.5 Å². The molecule has 1 fully saturated rings. The smallest absolute Gasteiger partial charge is 0.0799 e. The van der Waals surface area contributed by atoms with Crippen molar-refractivity contribution in [2.75, 3.05) is 0 Å². The summed E-state index contributed by atoms with van der Waals surface area (Å²) in [6.07, 6.45) is 9.03. The maximum atomic E-state index is 5.09. The van der Waals surface area contributed by atoms with Crippen LogP contribution in [0, 0.1) is 12.1 Å². The number of nitrogens with zero attached hydrogens (tertiary/aromatic N) is 3. The average molecular weight is 962 g/mol. The third-order valence-electron chi connectivity index (χ3n) is 12.3. The molecule has 0 spiro atoms. The van der Waals surface area contributed by atoms with Crippen molar-refractivity contribution in [2.24, 2.45) is 0 Å². The molecule has 2 aliphatic carbocycles. The van der Waals surface area contributed by atoms with E-state index in [0.717, 1.165) is 45.3 Å². The van der Waals surface area contributed by atoms with Crippen LogP contribution in [0.15, 0.2) is 152 Å². The first-order chi connectivity index (χ1) is 28.2. The van der Waals surface area contributed by atoms with E-state index < -0.39 is 8.07 Å². The van der Waals surface area contributed by atoms with Crippen LogP contribution in [0.4, 0.5) is 0 Å². The number of aromatic nitrogens is 3.